The quantitative estimate of drug-likeness (QED) is 0.688. The molecule has 0 radical (unpaired) electrons. The zero-order chi connectivity index (χ0) is 14.0. The van der Waals surface area contributed by atoms with Crippen LogP contribution in [0.4, 0.5) is 13.2 Å². The van der Waals surface area contributed by atoms with Crippen molar-refractivity contribution < 1.29 is 13.2 Å². The Balaban J connectivity index is 2.28. The van der Waals surface area contributed by atoms with Crippen molar-refractivity contribution in [3.8, 4) is 0 Å². The number of alkyl halides is 1. The summed E-state index contributed by atoms with van der Waals surface area (Å²) in [5, 5.41) is 0. The maximum Gasteiger partial charge on any atom is 0.129 e. The molecule has 100 valence electrons. The van der Waals surface area contributed by atoms with Gasteiger partial charge in [0.25, 0.3) is 0 Å². The van der Waals surface area contributed by atoms with Crippen molar-refractivity contribution in [1.82, 2.24) is 0 Å². The van der Waals surface area contributed by atoms with Crippen molar-refractivity contribution in [1.29, 1.82) is 0 Å². The van der Waals surface area contributed by atoms with Crippen molar-refractivity contribution in [2.24, 2.45) is 0 Å². The maximum absolute atomic E-state index is 13.8. The fraction of sp³-hybridized carbons (Fsp3) is 0.200. The number of hydrogen-bond donors (Lipinski definition) is 0. The molecule has 0 spiro atoms. The number of rotatable bonds is 3. The second-order valence-corrected chi connectivity index (χ2v) is 5.50. The van der Waals surface area contributed by atoms with Crippen LogP contribution < -0.4 is 0 Å². The van der Waals surface area contributed by atoms with Gasteiger partial charge in [-0.2, -0.15) is 0 Å². The van der Waals surface area contributed by atoms with Crippen LogP contribution in [0.1, 0.15) is 21.5 Å². The summed E-state index contributed by atoms with van der Waals surface area (Å²) in [6.45, 7) is 1.78. The van der Waals surface area contributed by atoms with Gasteiger partial charge >= 0.3 is 0 Å². The van der Waals surface area contributed by atoms with E-state index in [4.69, 9.17) is 0 Å². The molecule has 2 aromatic carbocycles. The molecular formula is C15H12BrF3. The van der Waals surface area contributed by atoms with E-state index in [9.17, 15) is 13.2 Å². The van der Waals surface area contributed by atoms with Crippen LogP contribution in [0, 0.1) is 24.4 Å². The standard InChI is InChI=1S/C15H12BrF3/c1-9-5-6-10(15(19)7-9)12(16)8-11-13(17)3-2-4-14(11)18/h2-7,12H,8H2,1H3. The highest BCUT2D eigenvalue weighted by Gasteiger charge is 2.17. The Morgan fingerprint density at radius 3 is 2.21 bits per heavy atom. The molecule has 0 fully saturated rings. The second kappa shape index (κ2) is 5.78. The first-order valence-electron chi connectivity index (χ1n) is 5.82. The van der Waals surface area contributed by atoms with Crippen molar-refractivity contribution in [2.45, 2.75) is 18.2 Å². The van der Waals surface area contributed by atoms with E-state index in [1.54, 1.807) is 19.1 Å². The SMILES string of the molecule is Cc1ccc(C(Br)Cc2c(F)cccc2F)c(F)c1. The normalized spacial score (nSPS) is 12.5. The molecule has 0 saturated carbocycles. The van der Waals surface area contributed by atoms with E-state index >= 15 is 0 Å². The zero-order valence-corrected chi connectivity index (χ0v) is 11.8. The van der Waals surface area contributed by atoms with Crippen molar-refractivity contribution in [3.63, 3.8) is 0 Å². The van der Waals surface area contributed by atoms with Crippen LogP contribution in [0.2, 0.25) is 0 Å². The van der Waals surface area contributed by atoms with E-state index in [2.05, 4.69) is 15.9 Å². The average Bonchev–Trinajstić information content (AvgIpc) is 2.33. The maximum atomic E-state index is 13.8. The summed E-state index contributed by atoms with van der Waals surface area (Å²) in [6.07, 6.45) is 0.0541. The van der Waals surface area contributed by atoms with E-state index in [-0.39, 0.29) is 17.8 Å². The molecule has 1 atom stereocenters. The fourth-order valence-electron chi connectivity index (χ4n) is 1.90. The molecule has 0 heterocycles. The third-order valence-corrected chi connectivity index (χ3v) is 3.76. The Morgan fingerprint density at radius 1 is 1.00 bits per heavy atom. The Bertz CT molecular complexity index is 576. The molecule has 0 aromatic heterocycles. The summed E-state index contributed by atoms with van der Waals surface area (Å²) in [5.74, 6) is -1.60. The Kier molecular flexibility index (Phi) is 4.30. The van der Waals surface area contributed by atoms with Gasteiger partial charge in [0.2, 0.25) is 0 Å². The summed E-state index contributed by atoms with van der Waals surface area (Å²) < 4.78 is 40.9. The summed E-state index contributed by atoms with van der Waals surface area (Å²) >= 11 is 3.29. The molecule has 0 aliphatic heterocycles. The first-order valence-corrected chi connectivity index (χ1v) is 6.73. The summed E-state index contributed by atoms with van der Waals surface area (Å²) in [4.78, 5) is -0.473. The minimum absolute atomic E-state index is 0.0376. The van der Waals surface area contributed by atoms with Gasteiger partial charge in [0.15, 0.2) is 0 Å². The van der Waals surface area contributed by atoms with Gasteiger partial charge in [-0.25, -0.2) is 13.2 Å². The highest BCUT2D eigenvalue weighted by Crippen LogP contribution is 2.31. The molecule has 2 aromatic rings. The molecule has 0 N–H and O–H groups in total. The van der Waals surface area contributed by atoms with E-state index in [0.717, 1.165) is 5.56 Å². The third kappa shape index (κ3) is 3.18. The van der Waals surface area contributed by atoms with Gasteiger partial charge in [-0.05, 0) is 37.1 Å². The monoisotopic (exact) mass is 328 g/mol. The average molecular weight is 329 g/mol. The third-order valence-electron chi connectivity index (χ3n) is 2.94. The smallest absolute Gasteiger partial charge is 0.129 e. The molecule has 0 aliphatic carbocycles. The van der Waals surface area contributed by atoms with Crippen molar-refractivity contribution in [2.75, 3.05) is 0 Å². The molecule has 0 nitrogen and oxygen atoms in total. The predicted octanol–water partition coefficient (Wildman–Crippen LogP) is 5.09. The first-order chi connectivity index (χ1) is 8.99. The largest absolute Gasteiger partial charge is 0.207 e. The van der Waals surface area contributed by atoms with E-state index in [1.165, 1.54) is 24.3 Å². The lowest BCUT2D eigenvalue weighted by Crippen LogP contribution is -2.03. The molecule has 0 amide bonds. The van der Waals surface area contributed by atoms with Crippen molar-refractivity contribution >= 4 is 15.9 Å². The molecule has 1 unspecified atom stereocenters. The molecule has 0 bridgehead atoms. The lowest BCUT2D eigenvalue weighted by atomic mass is 10.0. The van der Waals surface area contributed by atoms with Gasteiger partial charge in [0.05, 0.1) is 0 Å². The molecule has 0 saturated heterocycles. The van der Waals surface area contributed by atoms with Gasteiger partial charge in [-0.1, -0.05) is 34.1 Å². The molecule has 4 heteroatoms. The zero-order valence-electron chi connectivity index (χ0n) is 10.3. The lowest BCUT2D eigenvalue weighted by Gasteiger charge is -2.13. The molecule has 2 rings (SSSR count). The van der Waals surface area contributed by atoms with Crippen LogP contribution in [0.15, 0.2) is 36.4 Å². The predicted molar refractivity (Wildman–Crippen MR) is 72.9 cm³/mol. The van der Waals surface area contributed by atoms with Gasteiger partial charge < -0.3 is 0 Å². The number of halogens is 4. The van der Waals surface area contributed by atoms with Crippen LogP contribution in [-0.4, -0.2) is 0 Å². The molecule has 19 heavy (non-hydrogen) atoms. The van der Waals surface area contributed by atoms with Crippen LogP contribution in [-0.2, 0) is 6.42 Å². The number of aryl methyl sites for hydroxylation is 1. The van der Waals surface area contributed by atoms with E-state index in [1.807, 2.05) is 0 Å². The first kappa shape index (κ1) is 14.1. The van der Waals surface area contributed by atoms with Gasteiger partial charge in [0, 0.05) is 16.0 Å². The Morgan fingerprint density at radius 2 is 1.63 bits per heavy atom. The fourth-order valence-corrected chi connectivity index (χ4v) is 2.60. The Labute approximate surface area is 118 Å². The minimum Gasteiger partial charge on any atom is -0.207 e. The van der Waals surface area contributed by atoms with Gasteiger partial charge in [0.1, 0.15) is 17.5 Å². The highest BCUT2D eigenvalue weighted by molar-refractivity contribution is 9.09. The number of hydrogen-bond acceptors (Lipinski definition) is 0. The second-order valence-electron chi connectivity index (χ2n) is 4.40. The lowest BCUT2D eigenvalue weighted by molar-refractivity contribution is 0.550. The van der Waals surface area contributed by atoms with Crippen LogP contribution in [0.5, 0.6) is 0 Å². The van der Waals surface area contributed by atoms with Crippen LogP contribution >= 0.6 is 15.9 Å². The van der Waals surface area contributed by atoms with Gasteiger partial charge in [-0.15, -0.1) is 0 Å². The van der Waals surface area contributed by atoms with E-state index < -0.39 is 16.5 Å². The van der Waals surface area contributed by atoms with E-state index in [0.29, 0.717) is 5.56 Å². The topological polar surface area (TPSA) is 0 Å². The van der Waals surface area contributed by atoms with Crippen LogP contribution in [0.3, 0.4) is 0 Å². The highest BCUT2D eigenvalue weighted by atomic mass is 79.9. The van der Waals surface area contributed by atoms with Gasteiger partial charge in [-0.3, -0.25) is 0 Å². The molecule has 0 aliphatic rings. The summed E-state index contributed by atoms with van der Waals surface area (Å²) in [5.41, 5.74) is 1.16. The number of benzene rings is 2. The van der Waals surface area contributed by atoms with Crippen molar-refractivity contribution in [3.05, 3.63) is 70.5 Å². The van der Waals surface area contributed by atoms with Crippen LogP contribution in [0.25, 0.3) is 0 Å². The molecular weight excluding hydrogens is 317 g/mol. The minimum atomic E-state index is -0.614. The summed E-state index contributed by atoms with van der Waals surface area (Å²) in [6, 6.07) is 8.51. The Hall–Kier alpha value is -1.29. The summed E-state index contributed by atoms with van der Waals surface area (Å²) in [7, 11) is 0.